The molecule has 0 radical (unpaired) electrons. The van der Waals surface area contributed by atoms with E-state index in [2.05, 4.69) is 11.4 Å². The van der Waals surface area contributed by atoms with E-state index in [9.17, 15) is 18.0 Å². The minimum Gasteiger partial charge on any atom is -0.342 e. The number of nitrogens with one attached hydrogen (secondary N) is 1. The lowest BCUT2D eigenvalue weighted by atomic mass is 10.0. The fraction of sp³-hybridized carbons (Fsp3) is 0.0769. The number of halogens is 3. The number of alkyl halides is 3. The van der Waals surface area contributed by atoms with E-state index in [1.54, 1.807) is 18.2 Å². The molecule has 1 aliphatic rings. The molecule has 1 N–H and O–H groups in total. The summed E-state index contributed by atoms with van der Waals surface area (Å²) in [4.78, 5) is 12.6. The van der Waals surface area contributed by atoms with Crippen LogP contribution < -0.4 is 5.32 Å². The van der Waals surface area contributed by atoms with Crippen molar-refractivity contribution in [1.29, 1.82) is 5.26 Å². The van der Waals surface area contributed by atoms with Gasteiger partial charge in [-0.2, -0.15) is 18.4 Å². The molecule has 3 aromatic carbocycles. The van der Waals surface area contributed by atoms with Crippen molar-refractivity contribution in [2.75, 3.05) is 5.32 Å². The third-order valence-corrected chi connectivity index (χ3v) is 5.69. The lowest BCUT2D eigenvalue weighted by molar-refractivity contribution is -0.137. The van der Waals surface area contributed by atoms with Gasteiger partial charge in [-0.05, 0) is 42.0 Å². The number of nitrogens with zero attached hydrogens (tertiary/aromatic N) is 2. The van der Waals surface area contributed by atoms with Crippen molar-refractivity contribution in [1.82, 2.24) is 4.57 Å². The van der Waals surface area contributed by atoms with Crippen LogP contribution in [0.1, 0.15) is 27.8 Å². The first-order chi connectivity index (χ1) is 15.8. The summed E-state index contributed by atoms with van der Waals surface area (Å²) in [5, 5.41) is 12.5. The number of amides is 1. The van der Waals surface area contributed by atoms with Crippen molar-refractivity contribution in [3.05, 3.63) is 101 Å². The highest BCUT2D eigenvalue weighted by Crippen LogP contribution is 2.39. The number of benzene rings is 3. The van der Waals surface area contributed by atoms with Crippen molar-refractivity contribution in [2.45, 2.75) is 12.7 Å². The number of aromatic nitrogens is 1. The van der Waals surface area contributed by atoms with E-state index in [1.165, 1.54) is 6.07 Å². The summed E-state index contributed by atoms with van der Waals surface area (Å²) in [6.07, 6.45) is -0.845. The molecule has 4 aromatic rings. The molecule has 0 saturated carbocycles. The van der Waals surface area contributed by atoms with Gasteiger partial charge in [0.1, 0.15) is 0 Å². The van der Waals surface area contributed by atoms with Crippen molar-refractivity contribution in [3.63, 3.8) is 0 Å². The maximum atomic E-state index is 13.1. The molecule has 5 rings (SSSR count). The zero-order chi connectivity index (χ0) is 23.2. The highest BCUT2D eigenvalue weighted by Gasteiger charge is 2.33. The number of carbonyl (C=O) groups is 1. The largest absolute Gasteiger partial charge is 0.416 e. The molecule has 0 aliphatic carbocycles. The molecule has 7 heteroatoms. The molecule has 2 heterocycles. The molecule has 33 heavy (non-hydrogen) atoms. The fourth-order valence-electron chi connectivity index (χ4n) is 4.07. The van der Waals surface area contributed by atoms with Gasteiger partial charge in [0.2, 0.25) is 0 Å². The van der Waals surface area contributed by atoms with Gasteiger partial charge in [-0.1, -0.05) is 36.4 Å². The van der Waals surface area contributed by atoms with Crippen LogP contribution in [0.3, 0.4) is 0 Å². The summed E-state index contributed by atoms with van der Waals surface area (Å²) in [6, 6.07) is 20.4. The summed E-state index contributed by atoms with van der Waals surface area (Å²) in [7, 11) is 0. The van der Waals surface area contributed by atoms with Gasteiger partial charge in [0, 0.05) is 46.0 Å². The minimum absolute atomic E-state index is 0.155. The highest BCUT2D eigenvalue weighted by atomic mass is 19.4. The Kier molecular flexibility index (Phi) is 4.79. The van der Waals surface area contributed by atoms with Crippen molar-refractivity contribution in [2.24, 2.45) is 0 Å². The Morgan fingerprint density at radius 2 is 1.79 bits per heavy atom. The van der Waals surface area contributed by atoms with E-state index in [4.69, 9.17) is 5.26 Å². The molecule has 0 unspecified atom stereocenters. The summed E-state index contributed by atoms with van der Waals surface area (Å²) in [5.74, 6) is -0.437. The van der Waals surface area contributed by atoms with E-state index in [1.807, 2.05) is 47.2 Å². The molecule has 1 aliphatic heterocycles. The first-order valence-electron chi connectivity index (χ1n) is 10.1. The van der Waals surface area contributed by atoms with Crippen LogP contribution in [-0.2, 0) is 17.5 Å². The van der Waals surface area contributed by atoms with Crippen LogP contribution >= 0.6 is 0 Å². The van der Waals surface area contributed by atoms with Crippen LogP contribution in [0.25, 0.3) is 22.6 Å². The van der Waals surface area contributed by atoms with Gasteiger partial charge in [0.05, 0.1) is 17.2 Å². The number of hydrogen-bond acceptors (Lipinski definition) is 2. The van der Waals surface area contributed by atoms with E-state index in [0.717, 1.165) is 34.2 Å². The van der Waals surface area contributed by atoms with Crippen LogP contribution in [0.4, 0.5) is 18.9 Å². The number of hydrogen-bond donors (Lipinski definition) is 1. The molecule has 1 amide bonds. The Morgan fingerprint density at radius 1 is 1.03 bits per heavy atom. The van der Waals surface area contributed by atoms with Gasteiger partial charge < -0.3 is 9.88 Å². The van der Waals surface area contributed by atoms with Crippen LogP contribution in [-0.4, -0.2) is 10.5 Å². The average molecular weight is 443 g/mol. The second kappa shape index (κ2) is 7.68. The quantitative estimate of drug-likeness (QED) is 0.391. The molecule has 0 fully saturated rings. The second-order valence-corrected chi connectivity index (χ2v) is 7.81. The lowest BCUT2D eigenvalue weighted by Crippen LogP contribution is -2.06. The molecule has 0 bridgehead atoms. The van der Waals surface area contributed by atoms with Gasteiger partial charge in [-0.3, -0.25) is 4.79 Å². The summed E-state index contributed by atoms with van der Waals surface area (Å²) >= 11 is 0. The van der Waals surface area contributed by atoms with Crippen molar-refractivity contribution in [3.8, 4) is 6.07 Å². The molecule has 0 atom stereocenters. The lowest BCUT2D eigenvalue weighted by Gasteiger charge is -2.08. The van der Waals surface area contributed by atoms with E-state index < -0.39 is 17.6 Å². The number of para-hydroxylation sites is 1. The van der Waals surface area contributed by atoms with Gasteiger partial charge in [0.15, 0.2) is 0 Å². The predicted octanol–water partition coefficient (Wildman–Crippen LogP) is 6.07. The molecular weight excluding hydrogens is 427 g/mol. The molecule has 0 spiro atoms. The molecule has 162 valence electrons. The first kappa shape index (κ1) is 20.6. The fourth-order valence-corrected chi connectivity index (χ4v) is 4.07. The number of rotatable bonds is 3. The van der Waals surface area contributed by atoms with E-state index in [-0.39, 0.29) is 5.69 Å². The Balaban J connectivity index is 1.56. The monoisotopic (exact) mass is 443 g/mol. The Hall–Kier alpha value is -4.31. The van der Waals surface area contributed by atoms with Gasteiger partial charge in [-0.15, -0.1) is 0 Å². The first-order valence-corrected chi connectivity index (χ1v) is 10.1. The predicted molar refractivity (Wildman–Crippen MR) is 120 cm³/mol. The van der Waals surface area contributed by atoms with Crippen molar-refractivity contribution < 1.29 is 18.0 Å². The zero-order valence-electron chi connectivity index (χ0n) is 17.1. The van der Waals surface area contributed by atoms with E-state index >= 15 is 0 Å². The number of fused-ring (bicyclic) bond motifs is 2. The summed E-state index contributed by atoms with van der Waals surface area (Å²) < 4.78 is 41.2. The van der Waals surface area contributed by atoms with Gasteiger partial charge in [-0.25, -0.2) is 0 Å². The molecule has 1 aromatic heterocycles. The Bertz CT molecular complexity index is 1470. The summed E-state index contributed by atoms with van der Waals surface area (Å²) in [6.45, 7) is 0.563. The normalized spacial score (nSPS) is 14.4. The zero-order valence-corrected chi connectivity index (χ0v) is 17.1. The second-order valence-electron chi connectivity index (χ2n) is 7.81. The molecule has 0 saturated heterocycles. The maximum absolute atomic E-state index is 13.1. The van der Waals surface area contributed by atoms with Crippen LogP contribution in [0, 0.1) is 11.3 Å². The SMILES string of the molecule is N#Cc1ccc(Cn2cc(/C=C3/C(=O)Nc4cc(C(F)(F)F)ccc43)c3ccccc32)cc1. The van der Waals surface area contributed by atoms with Gasteiger partial charge >= 0.3 is 6.18 Å². The smallest absolute Gasteiger partial charge is 0.342 e. The number of nitriles is 1. The van der Waals surface area contributed by atoms with Crippen LogP contribution in [0.2, 0.25) is 0 Å². The van der Waals surface area contributed by atoms with Crippen molar-refractivity contribution >= 4 is 34.1 Å². The molecular formula is C26H16F3N3O. The Labute approximate surface area is 187 Å². The van der Waals surface area contributed by atoms with Gasteiger partial charge in [0.25, 0.3) is 5.91 Å². The topological polar surface area (TPSA) is 57.8 Å². The minimum atomic E-state index is -4.48. The molecule has 4 nitrogen and oxygen atoms in total. The van der Waals surface area contributed by atoms with Crippen LogP contribution in [0.15, 0.2) is 72.9 Å². The Morgan fingerprint density at radius 3 is 2.52 bits per heavy atom. The van der Waals surface area contributed by atoms with Crippen LogP contribution in [0.5, 0.6) is 0 Å². The number of anilines is 1. The number of carbonyl (C=O) groups excluding carboxylic acids is 1. The summed E-state index contributed by atoms with van der Waals surface area (Å²) in [5.41, 5.74) is 3.46. The third kappa shape index (κ3) is 3.76. The third-order valence-electron chi connectivity index (χ3n) is 5.69. The maximum Gasteiger partial charge on any atom is 0.416 e. The standard InChI is InChI=1S/C26H16F3N3O/c27-26(28,29)19-9-10-21-22(25(33)31-23(21)12-19)11-18-15-32(24-4-2-1-3-20(18)24)14-17-7-5-16(13-30)6-8-17/h1-12,15H,14H2,(H,31,33)/b22-11+. The highest BCUT2D eigenvalue weighted by molar-refractivity contribution is 6.35. The van der Waals surface area contributed by atoms with E-state index in [0.29, 0.717) is 23.2 Å². The average Bonchev–Trinajstić information content (AvgIpc) is 3.30.